The molecule has 1 aromatic rings. The van der Waals surface area contributed by atoms with Gasteiger partial charge in [-0.1, -0.05) is 6.07 Å². The van der Waals surface area contributed by atoms with E-state index in [1.54, 1.807) is 17.2 Å². The van der Waals surface area contributed by atoms with Crippen LogP contribution in [0.2, 0.25) is 0 Å². The van der Waals surface area contributed by atoms with Crippen molar-refractivity contribution in [3.8, 4) is 0 Å². The predicted octanol–water partition coefficient (Wildman–Crippen LogP) is 2.02. The largest absolute Gasteiger partial charge is 0.361 e. The fourth-order valence-electron chi connectivity index (χ4n) is 3.65. The van der Waals surface area contributed by atoms with Gasteiger partial charge in [0.25, 0.3) is 11.8 Å². The first kappa shape index (κ1) is 17.9. The molecule has 0 N–H and O–H groups in total. The molecule has 2 aliphatic heterocycles. The molecule has 2 aliphatic rings. The van der Waals surface area contributed by atoms with Gasteiger partial charge in [0.1, 0.15) is 5.69 Å². The molecule has 2 fully saturated rings. The van der Waals surface area contributed by atoms with Crippen molar-refractivity contribution in [1.29, 1.82) is 0 Å². The summed E-state index contributed by atoms with van der Waals surface area (Å²) in [6.07, 6.45) is 4.27. The molecule has 2 saturated heterocycles. The van der Waals surface area contributed by atoms with Gasteiger partial charge in [0.2, 0.25) is 0 Å². The first-order valence-electron chi connectivity index (χ1n) is 9.10. The number of nitrogens with zero attached hydrogens (tertiary/aromatic N) is 3. The van der Waals surface area contributed by atoms with E-state index in [9.17, 15) is 9.59 Å². The summed E-state index contributed by atoms with van der Waals surface area (Å²) in [5, 5.41) is 0. The molecule has 1 spiro atoms. The number of likely N-dealkylation sites (tertiary alicyclic amines) is 1. The van der Waals surface area contributed by atoms with Crippen molar-refractivity contribution >= 4 is 11.8 Å². The molecule has 0 bridgehead atoms. The average molecular weight is 345 g/mol. The quantitative estimate of drug-likeness (QED) is 0.823. The number of carbonyl (C=O) groups excluding carboxylic acids is 2. The highest BCUT2D eigenvalue weighted by Crippen LogP contribution is 2.31. The molecule has 0 saturated carbocycles. The maximum Gasteiger partial charge on any atom is 0.272 e. The standard InChI is InChI=1S/C19H27N3O3/c1-14(2)22-9-5-4-8-19(18(22)24)13-21(10-11-25-19)17(23)16-7-6-15(3)12-20-16/h6-7,12,14H,4-5,8-11,13H2,1-3H3. The third-order valence-electron chi connectivity index (χ3n) is 5.11. The number of hydrogen-bond donors (Lipinski definition) is 0. The molecule has 1 aromatic heterocycles. The first-order chi connectivity index (χ1) is 11.9. The van der Waals surface area contributed by atoms with Gasteiger partial charge in [-0.15, -0.1) is 0 Å². The van der Waals surface area contributed by atoms with E-state index in [4.69, 9.17) is 4.74 Å². The Morgan fingerprint density at radius 3 is 2.76 bits per heavy atom. The average Bonchev–Trinajstić information content (AvgIpc) is 2.75. The third kappa shape index (κ3) is 3.54. The Kier molecular flexibility index (Phi) is 5.08. The van der Waals surface area contributed by atoms with Crippen LogP contribution in [0.5, 0.6) is 0 Å². The van der Waals surface area contributed by atoms with E-state index in [0.29, 0.717) is 31.8 Å². The van der Waals surface area contributed by atoms with Gasteiger partial charge in [-0.2, -0.15) is 0 Å². The molecule has 1 unspecified atom stereocenters. The van der Waals surface area contributed by atoms with Crippen LogP contribution in [-0.2, 0) is 9.53 Å². The summed E-state index contributed by atoms with van der Waals surface area (Å²) in [7, 11) is 0. The van der Waals surface area contributed by atoms with Crippen molar-refractivity contribution in [2.45, 2.75) is 51.7 Å². The van der Waals surface area contributed by atoms with E-state index in [2.05, 4.69) is 4.98 Å². The van der Waals surface area contributed by atoms with Crippen LogP contribution in [0.4, 0.5) is 0 Å². The SMILES string of the molecule is Cc1ccc(C(=O)N2CCOC3(CCCCN(C(C)C)C3=O)C2)nc1. The van der Waals surface area contributed by atoms with E-state index < -0.39 is 5.60 Å². The zero-order valence-electron chi connectivity index (χ0n) is 15.3. The van der Waals surface area contributed by atoms with E-state index in [0.717, 1.165) is 24.9 Å². The highest BCUT2D eigenvalue weighted by atomic mass is 16.5. The van der Waals surface area contributed by atoms with E-state index in [1.807, 2.05) is 31.7 Å². The van der Waals surface area contributed by atoms with Crippen molar-refractivity contribution in [2.24, 2.45) is 0 Å². The predicted molar refractivity (Wildman–Crippen MR) is 94.3 cm³/mol. The number of rotatable bonds is 2. The summed E-state index contributed by atoms with van der Waals surface area (Å²) in [4.78, 5) is 33.8. The smallest absolute Gasteiger partial charge is 0.272 e. The van der Waals surface area contributed by atoms with Crippen LogP contribution in [0.15, 0.2) is 18.3 Å². The number of carbonyl (C=O) groups is 2. The molecule has 2 amide bonds. The fraction of sp³-hybridized carbons (Fsp3) is 0.632. The maximum absolute atomic E-state index is 13.2. The lowest BCUT2D eigenvalue weighted by Gasteiger charge is -2.43. The molecule has 6 nitrogen and oxygen atoms in total. The highest BCUT2D eigenvalue weighted by molar-refractivity contribution is 5.93. The van der Waals surface area contributed by atoms with Crippen LogP contribution in [0, 0.1) is 6.92 Å². The van der Waals surface area contributed by atoms with Gasteiger partial charge in [0, 0.05) is 25.3 Å². The first-order valence-corrected chi connectivity index (χ1v) is 9.10. The summed E-state index contributed by atoms with van der Waals surface area (Å²) < 4.78 is 6.01. The Hall–Kier alpha value is -1.95. The lowest BCUT2D eigenvalue weighted by molar-refractivity contribution is -0.169. The van der Waals surface area contributed by atoms with Gasteiger partial charge >= 0.3 is 0 Å². The monoisotopic (exact) mass is 345 g/mol. The topological polar surface area (TPSA) is 62.7 Å². The normalized spacial score (nSPS) is 24.7. The summed E-state index contributed by atoms with van der Waals surface area (Å²) in [6.45, 7) is 7.94. The number of ether oxygens (including phenoxy) is 1. The van der Waals surface area contributed by atoms with Gasteiger partial charge in [-0.25, -0.2) is 0 Å². The summed E-state index contributed by atoms with van der Waals surface area (Å²) in [5.41, 5.74) is 0.533. The van der Waals surface area contributed by atoms with Crippen LogP contribution in [0.25, 0.3) is 0 Å². The second-order valence-electron chi connectivity index (χ2n) is 7.34. The fourth-order valence-corrected chi connectivity index (χ4v) is 3.65. The molecular formula is C19H27N3O3. The van der Waals surface area contributed by atoms with E-state index in [1.165, 1.54) is 0 Å². The van der Waals surface area contributed by atoms with Crippen molar-refractivity contribution in [3.05, 3.63) is 29.6 Å². The zero-order chi connectivity index (χ0) is 18.0. The van der Waals surface area contributed by atoms with Crippen molar-refractivity contribution in [3.63, 3.8) is 0 Å². The Morgan fingerprint density at radius 2 is 2.08 bits per heavy atom. The minimum atomic E-state index is -0.903. The number of amides is 2. The molecular weight excluding hydrogens is 318 g/mol. The van der Waals surface area contributed by atoms with Crippen LogP contribution in [-0.4, -0.2) is 64.5 Å². The number of aryl methyl sites for hydroxylation is 1. The Morgan fingerprint density at radius 1 is 1.28 bits per heavy atom. The van der Waals surface area contributed by atoms with Gasteiger partial charge in [-0.05, 0) is 51.7 Å². The molecule has 136 valence electrons. The number of pyridine rings is 1. The van der Waals surface area contributed by atoms with Gasteiger partial charge in [-0.3, -0.25) is 14.6 Å². The molecule has 0 aromatic carbocycles. The Balaban J connectivity index is 1.82. The van der Waals surface area contributed by atoms with Gasteiger partial charge < -0.3 is 14.5 Å². The summed E-state index contributed by atoms with van der Waals surface area (Å²) >= 11 is 0. The minimum absolute atomic E-state index is 0.0226. The second kappa shape index (κ2) is 7.12. The van der Waals surface area contributed by atoms with Crippen molar-refractivity contribution in [2.75, 3.05) is 26.2 Å². The third-order valence-corrected chi connectivity index (χ3v) is 5.11. The van der Waals surface area contributed by atoms with Gasteiger partial charge in [0.05, 0.1) is 13.2 Å². The minimum Gasteiger partial charge on any atom is -0.361 e. The summed E-state index contributed by atoms with van der Waals surface area (Å²) in [6, 6.07) is 3.76. The van der Waals surface area contributed by atoms with Crippen LogP contribution in [0.1, 0.15) is 49.2 Å². The number of morpholine rings is 1. The summed E-state index contributed by atoms with van der Waals surface area (Å²) in [5.74, 6) is -0.106. The molecule has 6 heteroatoms. The zero-order valence-corrected chi connectivity index (χ0v) is 15.3. The molecule has 0 radical (unpaired) electrons. The van der Waals surface area contributed by atoms with Crippen LogP contribution >= 0.6 is 0 Å². The molecule has 1 atom stereocenters. The number of aromatic nitrogens is 1. The van der Waals surface area contributed by atoms with Crippen LogP contribution < -0.4 is 0 Å². The highest BCUT2D eigenvalue weighted by Gasteiger charge is 2.48. The van der Waals surface area contributed by atoms with Crippen LogP contribution in [0.3, 0.4) is 0 Å². The molecule has 0 aliphatic carbocycles. The molecule has 25 heavy (non-hydrogen) atoms. The van der Waals surface area contributed by atoms with Crippen molar-refractivity contribution < 1.29 is 14.3 Å². The Labute approximate surface area is 149 Å². The molecule has 3 heterocycles. The van der Waals surface area contributed by atoms with E-state index >= 15 is 0 Å². The van der Waals surface area contributed by atoms with E-state index in [-0.39, 0.29) is 17.9 Å². The number of hydrogen-bond acceptors (Lipinski definition) is 4. The lowest BCUT2D eigenvalue weighted by Crippen LogP contribution is -2.61. The second-order valence-corrected chi connectivity index (χ2v) is 7.34. The maximum atomic E-state index is 13.2. The Bertz CT molecular complexity index is 644. The lowest BCUT2D eigenvalue weighted by atomic mass is 9.93. The molecule has 3 rings (SSSR count). The van der Waals surface area contributed by atoms with Gasteiger partial charge in [0.15, 0.2) is 5.60 Å². The van der Waals surface area contributed by atoms with Crippen molar-refractivity contribution in [1.82, 2.24) is 14.8 Å².